The van der Waals surface area contributed by atoms with Crippen molar-refractivity contribution in [3.8, 4) is 33.6 Å². The van der Waals surface area contributed by atoms with Gasteiger partial charge < -0.3 is 39.9 Å². The number of likely N-dealkylation sites (tertiary alicyclic amines) is 2. The van der Waals surface area contributed by atoms with Gasteiger partial charge in [-0.15, -0.1) is 22.7 Å². The van der Waals surface area contributed by atoms with Crippen molar-refractivity contribution in [1.29, 1.82) is 0 Å². The van der Waals surface area contributed by atoms with Crippen molar-refractivity contribution in [3.63, 3.8) is 0 Å². The number of hydrogen-bond donors (Lipinski definition) is 4. The first-order chi connectivity index (χ1) is 27.5. The minimum absolute atomic E-state index is 0.105. The molecule has 2 unspecified atom stereocenters. The molecule has 6 heterocycles. The number of imidazole rings is 2. The number of H-pyrrole nitrogens is 2. The Morgan fingerprint density at radius 3 is 1.79 bits per heavy atom. The number of methoxy groups -OCH3 is 1. The summed E-state index contributed by atoms with van der Waals surface area (Å²) in [5, 5.41) is 9.81. The molecule has 0 aliphatic carbocycles. The number of nitrogens with one attached hydrogen (secondary N) is 4. The third kappa shape index (κ3) is 8.15. The maximum atomic E-state index is 13.7. The normalized spacial score (nSPS) is 18.0. The lowest BCUT2D eigenvalue weighted by atomic mass is 10.0. The first kappa shape index (κ1) is 40.0. The van der Waals surface area contributed by atoms with Crippen LogP contribution in [-0.2, 0) is 19.1 Å². The molecule has 0 bridgehead atoms. The Kier molecular flexibility index (Phi) is 12.0. The number of aromatic nitrogens is 4. The molecular formula is C41H50N8O6S2. The number of ether oxygens (including phenoxy) is 2. The molecule has 4 N–H and O–H groups in total. The van der Waals surface area contributed by atoms with E-state index >= 15 is 0 Å². The lowest BCUT2D eigenvalue weighted by Crippen LogP contribution is -2.51. The summed E-state index contributed by atoms with van der Waals surface area (Å²) in [7, 11) is 1.29. The molecule has 4 aromatic heterocycles. The van der Waals surface area contributed by atoms with Crippen molar-refractivity contribution in [2.45, 2.75) is 84.5 Å². The van der Waals surface area contributed by atoms with E-state index in [0.29, 0.717) is 13.1 Å². The van der Waals surface area contributed by atoms with Crippen LogP contribution in [0.4, 0.5) is 9.59 Å². The minimum atomic E-state index is -0.689. The number of aromatic amines is 2. The van der Waals surface area contributed by atoms with Crippen molar-refractivity contribution in [2.24, 2.45) is 11.8 Å². The van der Waals surface area contributed by atoms with E-state index in [2.05, 4.69) is 55.6 Å². The molecule has 302 valence electrons. The fourth-order valence-electron chi connectivity index (χ4n) is 7.83. The Morgan fingerprint density at radius 1 is 0.754 bits per heavy atom. The van der Waals surface area contributed by atoms with Crippen LogP contribution in [0.5, 0.6) is 0 Å². The van der Waals surface area contributed by atoms with Gasteiger partial charge in [0.05, 0.1) is 59.0 Å². The number of thiophene rings is 2. The fraction of sp³-hybridized carbons (Fsp3) is 0.463. The molecule has 0 saturated carbocycles. The Balaban J connectivity index is 1.04. The number of rotatable bonds is 12. The quantitative estimate of drug-likeness (QED) is 0.0984. The zero-order valence-electron chi connectivity index (χ0n) is 33.1. The Bertz CT molecular complexity index is 2220. The molecule has 2 fully saturated rings. The molecule has 0 radical (unpaired) electrons. The molecule has 2 aliphatic heterocycles. The number of fused-ring (bicyclic) bond motifs is 1. The van der Waals surface area contributed by atoms with Gasteiger partial charge in [-0.1, -0.05) is 52.0 Å². The highest BCUT2D eigenvalue weighted by atomic mass is 32.1. The number of alkyl carbamates (subject to hydrolysis) is 2. The second-order valence-electron chi connectivity index (χ2n) is 15.2. The summed E-state index contributed by atoms with van der Waals surface area (Å²) in [5.41, 5.74) is 6.09. The number of nitrogens with zero attached hydrogens (tertiary/aromatic N) is 4. The van der Waals surface area contributed by atoms with Crippen LogP contribution in [0.2, 0.25) is 0 Å². The van der Waals surface area contributed by atoms with Crippen LogP contribution in [0, 0.1) is 11.8 Å². The van der Waals surface area contributed by atoms with E-state index in [-0.39, 0.29) is 42.3 Å². The molecule has 16 heteroatoms. The van der Waals surface area contributed by atoms with Crippen LogP contribution >= 0.6 is 22.7 Å². The fourth-order valence-corrected chi connectivity index (χ4v) is 10.3. The van der Waals surface area contributed by atoms with Crippen LogP contribution in [0.1, 0.15) is 84.0 Å². The summed E-state index contributed by atoms with van der Waals surface area (Å²) in [6.07, 6.45) is 5.73. The van der Waals surface area contributed by atoms with E-state index < -0.39 is 24.3 Å². The molecule has 4 atom stereocenters. The number of carbonyl (C=O) groups excluding carboxylic acids is 4. The molecule has 5 aromatic rings. The monoisotopic (exact) mass is 814 g/mol. The van der Waals surface area contributed by atoms with Gasteiger partial charge in [0, 0.05) is 35.0 Å². The Labute approximate surface area is 339 Å². The van der Waals surface area contributed by atoms with Gasteiger partial charge in [0.2, 0.25) is 11.8 Å². The summed E-state index contributed by atoms with van der Waals surface area (Å²) < 4.78 is 12.2. The van der Waals surface area contributed by atoms with Crippen LogP contribution in [0.3, 0.4) is 0 Å². The average molecular weight is 815 g/mol. The van der Waals surface area contributed by atoms with Crippen molar-refractivity contribution < 1.29 is 28.7 Å². The standard InChI is InChI=1S/C41H50N8O6S2/c1-7-55-41(53)47-33(23(4)5)39(51)48-16-8-10-30(48)36-42-18-28(44-36)25-14-12-24(13-15-25)26-20-56-35-27(21-57-34(26)35)29-19-43-37(45-29)31-11-9-17-49(31)38(50)32(22(2)3)46-40(52)54-6/h12-15,18-23,30-33H,7-11,16-17H2,1-6H3,(H,42,44)(H,43,45)(H,46,52)(H,47,53)/t30?,31?,32-,33-/m0/s1. The largest absolute Gasteiger partial charge is 0.453 e. The first-order valence-corrected chi connectivity index (χ1v) is 21.3. The van der Waals surface area contributed by atoms with Crippen molar-refractivity contribution in [3.05, 3.63) is 59.1 Å². The molecule has 2 saturated heterocycles. The van der Waals surface area contributed by atoms with Gasteiger partial charge in [0.1, 0.15) is 23.7 Å². The van der Waals surface area contributed by atoms with Gasteiger partial charge in [-0.05, 0) is 55.6 Å². The molecular weight excluding hydrogens is 765 g/mol. The van der Waals surface area contributed by atoms with E-state index in [1.54, 1.807) is 29.6 Å². The van der Waals surface area contributed by atoms with Crippen molar-refractivity contribution >= 4 is 56.1 Å². The van der Waals surface area contributed by atoms with E-state index in [9.17, 15) is 19.2 Å². The molecule has 57 heavy (non-hydrogen) atoms. The Hall–Kier alpha value is -5.22. The second kappa shape index (κ2) is 17.1. The van der Waals surface area contributed by atoms with E-state index in [1.165, 1.54) is 16.5 Å². The predicted molar refractivity (Wildman–Crippen MR) is 221 cm³/mol. The highest BCUT2D eigenvalue weighted by Crippen LogP contribution is 2.44. The molecule has 1 aromatic carbocycles. The van der Waals surface area contributed by atoms with E-state index in [0.717, 1.165) is 71.0 Å². The van der Waals surface area contributed by atoms with Gasteiger partial charge >= 0.3 is 12.2 Å². The molecule has 7 rings (SSSR count). The highest BCUT2D eigenvalue weighted by molar-refractivity contribution is 7.27. The molecule has 2 aliphatic rings. The second-order valence-corrected chi connectivity index (χ2v) is 17.0. The van der Waals surface area contributed by atoms with Crippen LogP contribution in [-0.4, -0.2) is 92.6 Å². The number of amides is 4. The zero-order chi connectivity index (χ0) is 40.4. The van der Waals surface area contributed by atoms with Crippen molar-refractivity contribution in [2.75, 3.05) is 26.8 Å². The SMILES string of the molecule is CCOC(=O)N[C@H](C(=O)N1CCCC1c1ncc(-c2ccc(-c3csc4c(-c5cnc(C6CCCN6C(=O)[C@@H](NC(=O)OC)C(C)C)[nH]5)csc34)cc2)[nH]1)C(C)C. The third-order valence-electron chi connectivity index (χ3n) is 10.8. The summed E-state index contributed by atoms with van der Waals surface area (Å²) in [5.74, 6) is 0.993. The number of carbonyl (C=O) groups is 4. The van der Waals surface area contributed by atoms with Gasteiger partial charge in [0.25, 0.3) is 0 Å². The van der Waals surface area contributed by atoms with Crippen LogP contribution in [0.15, 0.2) is 47.4 Å². The summed E-state index contributed by atoms with van der Waals surface area (Å²) in [4.78, 5) is 71.6. The summed E-state index contributed by atoms with van der Waals surface area (Å²) in [6.45, 7) is 10.8. The predicted octanol–water partition coefficient (Wildman–Crippen LogP) is 7.89. The topological polar surface area (TPSA) is 175 Å². The lowest BCUT2D eigenvalue weighted by Gasteiger charge is -2.30. The third-order valence-corrected chi connectivity index (χ3v) is 13.0. The minimum Gasteiger partial charge on any atom is -0.453 e. The highest BCUT2D eigenvalue weighted by Gasteiger charge is 2.39. The van der Waals surface area contributed by atoms with Crippen LogP contribution < -0.4 is 10.6 Å². The van der Waals surface area contributed by atoms with Gasteiger partial charge in [-0.2, -0.15) is 0 Å². The average Bonchev–Trinajstić information content (AvgIpc) is 4.05. The van der Waals surface area contributed by atoms with E-state index in [1.807, 2.05) is 49.9 Å². The molecule has 14 nitrogen and oxygen atoms in total. The number of hydrogen-bond acceptors (Lipinski definition) is 10. The maximum Gasteiger partial charge on any atom is 0.407 e. The summed E-state index contributed by atoms with van der Waals surface area (Å²) >= 11 is 3.39. The maximum absolute atomic E-state index is 13.7. The number of benzene rings is 1. The van der Waals surface area contributed by atoms with Crippen LogP contribution in [0.25, 0.3) is 43.0 Å². The van der Waals surface area contributed by atoms with E-state index in [4.69, 9.17) is 19.4 Å². The van der Waals surface area contributed by atoms with Gasteiger partial charge in [0.15, 0.2) is 0 Å². The van der Waals surface area contributed by atoms with Gasteiger partial charge in [-0.25, -0.2) is 19.6 Å². The summed E-state index contributed by atoms with van der Waals surface area (Å²) in [6, 6.07) is 6.62. The first-order valence-electron chi connectivity index (χ1n) is 19.6. The molecule has 4 amide bonds. The van der Waals surface area contributed by atoms with Gasteiger partial charge in [-0.3, -0.25) is 9.59 Å². The Morgan fingerprint density at radius 2 is 1.25 bits per heavy atom. The molecule has 0 spiro atoms. The lowest BCUT2D eigenvalue weighted by molar-refractivity contribution is -0.136. The van der Waals surface area contributed by atoms with Crippen molar-refractivity contribution in [1.82, 2.24) is 40.4 Å². The smallest absolute Gasteiger partial charge is 0.407 e. The zero-order valence-corrected chi connectivity index (χ0v) is 34.7.